The van der Waals surface area contributed by atoms with Gasteiger partial charge in [0, 0.05) is 0 Å². The summed E-state index contributed by atoms with van der Waals surface area (Å²) in [6.07, 6.45) is 7.89. The maximum Gasteiger partial charge on any atom is 0.0870 e. The van der Waals surface area contributed by atoms with Crippen molar-refractivity contribution >= 4 is 13.3 Å². The van der Waals surface area contributed by atoms with E-state index in [0.29, 0.717) is 0 Å². The molecule has 0 N–H and O–H groups in total. The summed E-state index contributed by atoms with van der Waals surface area (Å²) in [4.78, 5) is 0. The molecule has 1 aromatic rings. The first-order chi connectivity index (χ1) is 8.24. The van der Waals surface area contributed by atoms with Gasteiger partial charge in [-0.2, -0.15) is 0 Å². The van der Waals surface area contributed by atoms with Crippen molar-refractivity contribution in [3.05, 3.63) is 42.5 Å². The number of hydrogen-bond donors (Lipinski definition) is 0. The summed E-state index contributed by atoms with van der Waals surface area (Å²) in [6, 6.07) is 12.7. The molecule has 4 atom stereocenters. The maximum absolute atomic E-state index is 2.61. The van der Waals surface area contributed by atoms with Crippen LogP contribution >= 0.6 is 0 Å². The highest BCUT2D eigenvalue weighted by Gasteiger charge is 2.47. The van der Waals surface area contributed by atoms with E-state index in [0.717, 1.165) is 17.4 Å². The molecule has 0 heterocycles. The van der Waals surface area contributed by atoms with Crippen molar-refractivity contribution < 1.29 is 0 Å². The fourth-order valence-corrected chi connectivity index (χ4v) is 8.34. The Balaban J connectivity index is 1.95. The lowest BCUT2D eigenvalue weighted by molar-refractivity contribution is 0.673. The first-order valence-electron chi connectivity index (χ1n) is 6.98. The summed E-state index contributed by atoms with van der Waals surface area (Å²) in [6.45, 7) is 5.02. The zero-order valence-corrected chi connectivity index (χ0v) is 11.9. The molecule has 1 heteroatoms. The van der Waals surface area contributed by atoms with Crippen molar-refractivity contribution in [2.45, 2.75) is 37.9 Å². The minimum atomic E-state index is -1.27. The molecule has 0 saturated heterocycles. The highest BCUT2D eigenvalue weighted by atomic mass is 28.3. The summed E-state index contributed by atoms with van der Waals surface area (Å²) in [5.41, 5.74) is 0.991. The summed E-state index contributed by atoms with van der Waals surface area (Å²) < 4.78 is 0. The quantitative estimate of drug-likeness (QED) is 0.556. The molecule has 2 bridgehead atoms. The van der Waals surface area contributed by atoms with Gasteiger partial charge in [0.15, 0.2) is 0 Å². The first-order valence-corrected chi connectivity index (χ1v) is 9.76. The first kappa shape index (κ1) is 11.3. The minimum absolute atomic E-state index is 0.900. The molecule has 0 aromatic heterocycles. The predicted octanol–water partition coefficient (Wildman–Crippen LogP) is 3.96. The van der Waals surface area contributed by atoms with Crippen molar-refractivity contribution in [1.29, 1.82) is 0 Å². The van der Waals surface area contributed by atoms with E-state index in [-0.39, 0.29) is 0 Å². The molecule has 4 unspecified atom stereocenters. The van der Waals surface area contributed by atoms with Gasteiger partial charge in [-0.1, -0.05) is 67.2 Å². The average Bonchev–Trinajstić information content (AvgIpc) is 3.01. The highest BCUT2D eigenvalue weighted by Crippen LogP contribution is 2.52. The summed E-state index contributed by atoms with van der Waals surface area (Å²) >= 11 is 0. The molecule has 2 aliphatic carbocycles. The van der Waals surface area contributed by atoms with E-state index in [1.807, 2.05) is 0 Å². The summed E-state index contributed by atoms with van der Waals surface area (Å²) in [5.74, 6) is 1.81. The standard InChI is InChI=1S/C16H22Si/c1-3-17(2,15-7-5-4-6-8-15)16-12-13-9-10-14(16)11-13/h4-10,13-14,16H,3,11-12H2,1-2H3. The molecule has 2 aliphatic rings. The second-order valence-electron chi connectivity index (χ2n) is 6.02. The molecule has 0 aliphatic heterocycles. The van der Waals surface area contributed by atoms with Crippen LogP contribution in [0.4, 0.5) is 0 Å². The molecule has 1 saturated carbocycles. The Labute approximate surface area is 106 Å². The van der Waals surface area contributed by atoms with Crippen LogP contribution in [0.5, 0.6) is 0 Å². The molecule has 0 radical (unpaired) electrons. The maximum atomic E-state index is 2.61. The van der Waals surface area contributed by atoms with Crippen LogP contribution in [-0.2, 0) is 0 Å². The molecule has 0 nitrogen and oxygen atoms in total. The molecule has 17 heavy (non-hydrogen) atoms. The van der Waals surface area contributed by atoms with Gasteiger partial charge in [-0.25, -0.2) is 0 Å². The van der Waals surface area contributed by atoms with E-state index in [1.165, 1.54) is 18.9 Å². The van der Waals surface area contributed by atoms with Crippen LogP contribution in [0.25, 0.3) is 0 Å². The van der Waals surface area contributed by atoms with Crippen molar-refractivity contribution in [2.75, 3.05) is 0 Å². The Morgan fingerprint density at radius 1 is 1.12 bits per heavy atom. The van der Waals surface area contributed by atoms with Crippen LogP contribution in [0.3, 0.4) is 0 Å². The second-order valence-corrected chi connectivity index (χ2v) is 10.9. The van der Waals surface area contributed by atoms with Crippen LogP contribution in [-0.4, -0.2) is 8.07 Å². The van der Waals surface area contributed by atoms with Crippen LogP contribution in [0.1, 0.15) is 19.8 Å². The summed E-state index contributed by atoms with van der Waals surface area (Å²) in [5, 5.41) is 1.67. The fourth-order valence-electron chi connectivity index (χ4n) is 4.01. The van der Waals surface area contributed by atoms with Gasteiger partial charge < -0.3 is 0 Å². The number of allylic oxidation sites excluding steroid dienone is 2. The van der Waals surface area contributed by atoms with Gasteiger partial charge in [-0.3, -0.25) is 0 Å². The normalized spacial score (nSPS) is 33.9. The van der Waals surface area contributed by atoms with Gasteiger partial charge in [0.05, 0.1) is 8.07 Å². The smallest absolute Gasteiger partial charge is 0.0851 e. The Kier molecular flexibility index (Phi) is 2.74. The van der Waals surface area contributed by atoms with Crippen LogP contribution in [0, 0.1) is 11.8 Å². The Morgan fingerprint density at radius 3 is 2.41 bits per heavy atom. The fraction of sp³-hybridized carbons (Fsp3) is 0.500. The van der Waals surface area contributed by atoms with Crippen LogP contribution < -0.4 is 5.19 Å². The lowest BCUT2D eigenvalue weighted by Gasteiger charge is -2.37. The number of benzene rings is 1. The molecule has 0 amide bonds. The van der Waals surface area contributed by atoms with Gasteiger partial charge in [-0.05, 0) is 30.2 Å². The van der Waals surface area contributed by atoms with E-state index in [2.05, 4.69) is 56.0 Å². The van der Waals surface area contributed by atoms with E-state index >= 15 is 0 Å². The van der Waals surface area contributed by atoms with Crippen molar-refractivity contribution in [1.82, 2.24) is 0 Å². The number of rotatable bonds is 3. The Bertz CT molecular complexity index is 422. The van der Waals surface area contributed by atoms with Crippen molar-refractivity contribution in [3.8, 4) is 0 Å². The van der Waals surface area contributed by atoms with E-state index in [4.69, 9.17) is 0 Å². The Morgan fingerprint density at radius 2 is 1.88 bits per heavy atom. The van der Waals surface area contributed by atoms with Crippen LogP contribution in [0.15, 0.2) is 42.5 Å². The van der Waals surface area contributed by atoms with E-state index < -0.39 is 8.07 Å². The SMILES string of the molecule is CC[Si](C)(c1ccccc1)C1CC2C=CC1C2. The molecule has 90 valence electrons. The van der Waals surface area contributed by atoms with Crippen molar-refractivity contribution in [3.63, 3.8) is 0 Å². The molecule has 3 rings (SSSR count). The lowest BCUT2D eigenvalue weighted by atomic mass is 10.1. The van der Waals surface area contributed by atoms with Gasteiger partial charge in [-0.15, -0.1) is 0 Å². The van der Waals surface area contributed by atoms with Gasteiger partial charge in [0.25, 0.3) is 0 Å². The predicted molar refractivity (Wildman–Crippen MR) is 77.3 cm³/mol. The molecule has 1 aromatic carbocycles. The molecule has 1 fully saturated rings. The Hall–Kier alpha value is -0.823. The third-order valence-corrected chi connectivity index (χ3v) is 10.7. The summed E-state index contributed by atoms with van der Waals surface area (Å²) in [7, 11) is -1.27. The van der Waals surface area contributed by atoms with Gasteiger partial charge in [0.2, 0.25) is 0 Å². The molecular weight excluding hydrogens is 220 g/mol. The highest BCUT2D eigenvalue weighted by molar-refractivity contribution is 6.92. The lowest BCUT2D eigenvalue weighted by Crippen LogP contribution is -2.49. The van der Waals surface area contributed by atoms with Gasteiger partial charge >= 0.3 is 0 Å². The zero-order valence-electron chi connectivity index (χ0n) is 10.9. The monoisotopic (exact) mass is 242 g/mol. The number of hydrogen-bond acceptors (Lipinski definition) is 0. The average molecular weight is 242 g/mol. The van der Waals surface area contributed by atoms with E-state index in [1.54, 1.807) is 5.19 Å². The van der Waals surface area contributed by atoms with Gasteiger partial charge in [0.1, 0.15) is 0 Å². The topological polar surface area (TPSA) is 0 Å². The van der Waals surface area contributed by atoms with Crippen LogP contribution in [0.2, 0.25) is 18.1 Å². The van der Waals surface area contributed by atoms with Crippen molar-refractivity contribution in [2.24, 2.45) is 11.8 Å². The minimum Gasteiger partial charge on any atom is -0.0851 e. The molecular formula is C16H22Si. The van der Waals surface area contributed by atoms with E-state index in [9.17, 15) is 0 Å². The molecule has 0 spiro atoms. The second kappa shape index (κ2) is 4.13. The largest absolute Gasteiger partial charge is 0.0870 e. The third-order valence-electron chi connectivity index (χ3n) is 5.26. The number of fused-ring (bicyclic) bond motifs is 2. The zero-order chi connectivity index (χ0) is 11.9. The third kappa shape index (κ3) is 1.72.